The molecule has 26 heavy (non-hydrogen) atoms. The summed E-state index contributed by atoms with van der Waals surface area (Å²) in [7, 11) is 1.53. The number of nitrogens with zero attached hydrogens (tertiary/aromatic N) is 2. The van der Waals surface area contributed by atoms with Gasteiger partial charge in [-0.2, -0.15) is 0 Å². The number of furan rings is 1. The zero-order chi connectivity index (χ0) is 18.3. The molecule has 1 aliphatic carbocycles. The van der Waals surface area contributed by atoms with E-state index in [-0.39, 0.29) is 29.3 Å². The lowest BCUT2D eigenvalue weighted by molar-refractivity contribution is 0.0960. The first-order chi connectivity index (χ1) is 12.6. The number of Topliss-reactive ketones (excluding diaryl/α,β-unsaturated/α-hetero) is 1. The maximum absolute atomic E-state index is 12.6. The van der Waals surface area contributed by atoms with Crippen LogP contribution < -0.4 is 11.2 Å². The molecular weight excluding hydrogens is 338 g/mol. The number of ketones is 1. The average molecular weight is 355 g/mol. The minimum atomic E-state index is -0.545. The van der Waals surface area contributed by atoms with Crippen molar-refractivity contribution in [2.75, 3.05) is 13.7 Å². The molecule has 0 fully saturated rings. The van der Waals surface area contributed by atoms with Crippen molar-refractivity contribution in [1.29, 1.82) is 0 Å². The molecule has 0 saturated carbocycles. The third-order valence-corrected chi connectivity index (χ3v) is 4.76. The summed E-state index contributed by atoms with van der Waals surface area (Å²) in [6.07, 6.45) is 3.80. The molecule has 0 amide bonds. The molecule has 3 aromatic heterocycles. The lowest BCUT2D eigenvalue weighted by Crippen LogP contribution is -2.33. The number of methoxy groups -OCH3 is 1. The van der Waals surface area contributed by atoms with Crippen LogP contribution in [0.1, 0.15) is 34.0 Å². The van der Waals surface area contributed by atoms with Crippen molar-refractivity contribution < 1.29 is 13.9 Å². The minimum Gasteiger partial charge on any atom is -0.469 e. The van der Waals surface area contributed by atoms with Gasteiger partial charge in [0.05, 0.1) is 24.8 Å². The van der Waals surface area contributed by atoms with Crippen LogP contribution in [0.2, 0.25) is 0 Å². The molecule has 8 heteroatoms. The lowest BCUT2D eigenvalue weighted by atomic mass is 9.81. The Kier molecular flexibility index (Phi) is 4.04. The van der Waals surface area contributed by atoms with Gasteiger partial charge in [-0.25, -0.2) is 9.78 Å². The van der Waals surface area contributed by atoms with Gasteiger partial charge in [0.15, 0.2) is 5.78 Å². The van der Waals surface area contributed by atoms with E-state index in [4.69, 9.17) is 9.15 Å². The average Bonchev–Trinajstić information content (AvgIpc) is 3.15. The predicted octanol–water partition coefficient (Wildman–Crippen LogP) is 1.24. The molecule has 0 aromatic carbocycles. The summed E-state index contributed by atoms with van der Waals surface area (Å²) < 4.78 is 11.8. The number of rotatable bonds is 4. The fraction of sp³-hybridized carbons (Fsp3) is 0.333. The van der Waals surface area contributed by atoms with Crippen molar-refractivity contribution in [2.45, 2.75) is 25.3 Å². The predicted molar refractivity (Wildman–Crippen MR) is 92.6 cm³/mol. The maximum Gasteiger partial charge on any atom is 0.330 e. The second-order valence-corrected chi connectivity index (χ2v) is 6.30. The molecule has 8 nitrogen and oxygen atoms in total. The molecule has 134 valence electrons. The van der Waals surface area contributed by atoms with Gasteiger partial charge in [-0.3, -0.25) is 19.1 Å². The monoisotopic (exact) mass is 355 g/mol. The van der Waals surface area contributed by atoms with E-state index in [2.05, 4.69) is 9.97 Å². The van der Waals surface area contributed by atoms with Crippen molar-refractivity contribution in [3.8, 4) is 0 Å². The van der Waals surface area contributed by atoms with Gasteiger partial charge in [-0.05, 0) is 24.1 Å². The first kappa shape index (κ1) is 16.5. The normalized spacial score (nSPS) is 16.8. The fourth-order valence-corrected chi connectivity index (χ4v) is 3.52. The summed E-state index contributed by atoms with van der Waals surface area (Å²) in [5.41, 5.74) is 0.234. The largest absolute Gasteiger partial charge is 0.469 e. The highest BCUT2D eigenvalue weighted by atomic mass is 16.5. The van der Waals surface area contributed by atoms with Crippen molar-refractivity contribution in [1.82, 2.24) is 14.5 Å². The Balaban J connectivity index is 1.94. The first-order valence-corrected chi connectivity index (χ1v) is 8.30. The van der Waals surface area contributed by atoms with Crippen molar-refractivity contribution >= 4 is 16.8 Å². The SMILES string of the molecule is COCCn1c(=O)[nH]c(=O)c2c3c(cnc21)C(=O)C[C@H](c1ccco1)C3. The number of hydrogen-bond acceptors (Lipinski definition) is 6. The van der Waals surface area contributed by atoms with Crippen LogP contribution in [-0.2, 0) is 17.7 Å². The van der Waals surface area contributed by atoms with Gasteiger partial charge in [0.25, 0.3) is 5.56 Å². The zero-order valence-corrected chi connectivity index (χ0v) is 14.2. The van der Waals surface area contributed by atoms with Gasteiger partial charge in [-0.15, -0.1) is 0 Å². The van der Waals surface area contributed by atoms with Gasteiger partial charge in [0, 0.05) is 31.2 Å². The van der Waals surface area contributed by atoms with E-state index < -0.39 is 11.2 Å². The molecule has 0 spiro atoms. The van der Waals surface area contributed by atoms with Crippen molar-refractivity contribution in [3.63, 3.8) is 0 Å². The third kappa shape index (κ3) is 2.59. The molecule has 1 aliphatic rings. The molecule has 3 aromatic rings. The van der Waals surface area contributed by atoms with Crippen LogP contribution in [0.5, 0.6) is 0 Å². The number of fused-ring (bicyclic) bond motifs is 3. The minimum absolute atomic E-state index is 0.0870. The van der Waals surface area contributed by atoms with E-state index in [0.29, 0.717) is 36.3 Å². The first-order valence-electron chi connectivity index (χ1n) is 8.30. The summed E-state index contributed by atoms with van der Waals surface area (Å²) in [6.45, 7) is 0.553. The Morgan fingerprint density at radius 3 is 2.92 bits per heavy atom. The van der Waals surface area contributed by atoms with Crippen LogP contribution in [0.3, 0.4) is 0 Å². The summed E-state index contributed by atoms with van der Waals surface area (Å²) in [4.78, 5) is 43.9. The number of H-pyrrole nitrogens is 1. The van der Waals surface area contributed by atoms with Gasteiger partial charge in [0.2, 0.25) is 0 Å². The highest BCUT2D eigenvalue weighted by Crippen LogP contribution is 2.34. The van der Waals surface area contributed by atoms with E-state index in [9.17, 15) is 14.4 Å². The van der Waals surface area contributed by atoms with E-state index in [1.165, 1.54) is 17.9 Å². The second-order valence-electron chi connectivity index (χ2n) is 6.30. The molecule has 0 bridgehead atoms. The zero-order valence-electron chi connectivity index (χ0n) is 14.2. The van der Waals surface area contributed by atoms with Gasteiger partial charge < -0.3 is 9.15 Å². The van der Waals surface area contributed by atoms with Gasteiger partial charge in [-0.1, -0.05) is 0 Å². The number of pyridine rings is 1. The molecular formula is C18H17N3O5. The number of carbonyl (C=O) groups is 1. The third-order valence-electron chi connectivity index (χ3n) is 4.76. The maximum atomic E-state index is 12.6. The smallest absolute Gasteiger partial charge is 0.330 e. The number of aromatic nitrogens is 3. The standard InChI is InChI=1S/C18H17N3O5/c1-25-6-4-21-16-15(17(23)20-18(21)24)11-7-10(14-3-2-5-26-14)8-13(22)12(11)9-19-16/h2-3,5,9-10H,4,6-8H2,1H3,(H,20,23,24)/t10-/m1/s1. The van der Waals surface area contributed by atoms with Crippen LogP contribution >= 0.6 is 0 Å². The summed E-state index contributed by atoms with van der Waals surface area (Å²) in [5.74, 6) is 0.476. The second kappa shape index (κ2) is 6.38. The molecule has 0 radical (unpaired) electrons. The van der Waals surface area contributed by atoms with Crippen molar-refractivity contribution in [2.24, 2.45) is 0 Å². The van der Waals surface area contributed by atoms with E-state index in [0.717, 1.165) is 0 Å². The Labute approximate surface area is 147 Å². The van der Waals surface area contributed by atoms with Crippen LogP contribution in [0.25, 0.3) is 11.0 Å². The van der Waals surface area contributed by atoms with E-state index in [1.54, 1.807) is 12.3 Å². The van der Waals surface area contributed by atoms with Gasteiger partial charge in [0.1, 0.15) is 11.4 Å². The molecule has 4 rings (SSSR count). The van der Waals surface area contributed by atoms with E-state index in [1.807, 2.05) is 6.07 Å². The number of hydrogen-bond donors (Lipinski definition) is 1. The topological polar surface area (TPSA) is 107 Å². The fourth-order valence-electron chi connectivity index (χ4n) is 3.52. The molecule has 0 aliphatic heterocycles. The Morgan fingerprint density at radius 2 is 2.19 bits per heavy atom. The highest BCUT2D eigenvalue weighted by Gasteiger charge is 2.31. The number of nitrogens with one attached hydrogen (secondary N) is 1. The lowest BCUT2D eigenvalue weighted by Gasteiger charge is -2.23. The highest BCUT2D eigenvalue weighted by molar-refractivity contribution is 6.02. The van der Waals surface area contributed by atoms with Gasteiger partial charge >= 0.3 is 5.69 Å². The van der Waals surface area contributed by atoms with Crippen LogP contribution in [0, 0.1) is 0 Å². The molecule has 1 atom stereocenters. The molecule has 0 saturated heterocycles. The molecule has 3 heterocycles. The summed E-state index contributed by atoms with van der Waals surface area (Å²) in [6, 6.07) is 3.60. The summed E-state index contributed by atoms with van der Waals surface area (Å²) in [5, 5.41) is 0.280. The molecule has 0 unspecified atom stereocenters. The van der Waals surface area contributed by atoms with Crippen molar-refractivity contribution in [3.05, 3.63) is 62.3 Å². The van der Waals surface area contributed by atoms with E-state index >= 15 is 0 Å². The number of carbonyl (C=O) groups excluding carboxylic acids is 1. The summed E-state index contributed by atoms with van der Waals surface area (Å²) >= 11 is 0. The number of ether oxygens (including phenoxy) is 1. The van der Waals surface area contributed by atoms with Crippen LogP contribution in [0.4, 0.5) is 0 Å². The van der Waals surface area contributed by atoms with Crippen LogP contribution in [0.15, 0.2) is 38.6 Å². The Morgan fingerprint density at radius 1 is 1.35 bits per heavy atom. The quantitative estimate of drug-likeness (QED) is 0.754. The van der Waals surface area contributed by atoms with Crippen LogP contribution in [-0.4, -0.2) is 34.0 Å². The Bertz CT molecular complexity index is 1090. The molecule has 1 N–H and O–H groups in total. The Hall–Kier alpha value is -3.00. The number of aromatic amines is 1.